The molecule has 2 aromatic carbocycles. The van der Waals surface area contributed by atoms with Crippen LogP contribution in [0.3, 0.4) is 0 Å². The highest BCUT2D eigenvalue weighted by molar-refractivity contribution is 9.10. The molecular weight excluding hydrogens is 487 g/mol. The largest absolute Gasteiger partial charge is 0.417 e. The number of carbonyl (C=O) groups is 2. The average molecular weight is 501 g/mol. The molecule has 1 aliphatic rings. The van der Waals surface area contributed by atoms with Gasteiger partial charge in [0.25, 0.3) is 5.91 Å². The lowest BCUT2D eigenvalue weighted by molar-refractivity contribution is -0.137. The average Bonchev–Trinajstić information content (AvgIpc) is 2.83. The summed E-state index contributed by atoms with van der Waals surface area (Å²) >= 11 is 9.38. The Kier molecular flexibility index (Phi) is 5.60. The minimum absolute atomic E-state index is 0.0115. The Hall–Kier alpha value is -2.57. The van der Waals surface area contributed by atoms with E-state index in [-0.39, 0.29) is 12.2 Å². The van der Waals surface area contributed by atoms with E-state index >= 15 is 0 Å². The summed E-state index contributed by atoms with van der Waals surface area (Å²) in [7, 11) is 0. The highest BCUT2D eigenvalue weighted by atomic mass is 79.9. The summed E-state index contributed by atoms with van der Waals surface area (Å²) in [5, 5.41) is 9.39. The van der Waals surface area contributed by atoms with Crippen LogP contribution in [0.4, 0.5) is 23.7 Å². The number of benzene rings is 2. The first-order valence-electron chi connectivity index (χ1n) is 8.59. The van der Waals surface area contributed by atoms with Gasteiger partial charge in [-0.05, 0) is 55.8 Å². The van der Waals surface area contributed by atoms with Crippen LogP contribution in [0.2, 0.25) is 5.02 Å². The van der Waals surface area contributed by atoms with Crippen LogP contribution in [0.1, 0.15) is 30.5 Å². The highest BCUT2D eigenvalue weighted by Crippen LogP contribution is 2.38. The van der Waals surface area contributed by atoms with Gasteiger partial charge in [0.05, 0.1) is 22.9 Å². The maximum absolute atomic E-state index is 13.3. The molecule has 5 nitrogen and oxygen atoms in total. The summed E-state index contributed by atoms with van der Waals surface area (Å²) in [6, 6.07) is 8.42. The van der Waals surface area contributed by atoms with Crippen LogP contribution in [0, 0.1) is 11.3 Å². The van der Waals surface area contributed by atoms with Crippen molar-refractivity contribution >= 4 is 45.2 Å². The Labute approximate surface area is 183 Å². The first-order valence-corrected chi connectivity index (χ1v) is 9.76. The Balaban J connectivity index is 2.04. The van der Waals surface area contributed by atoms with Gasteiger partial charge in [0.1, 0.15) is 5.54 Å². The number of nitriles is 1. The van der Waals surface area contributed by atoms with Gasteiger partial charge >= 0.3 is 12.2 Å². The molecule has 0 radical (unpaired) electrons. The fourth-order valence-corrected chi connectivity index (χ4v) is 3.73. The summed E-state index contributed by atoms with van der Waals surface area (Å²) in [4.78, 5) is 28.0. The van der Waals surface area contributed by atoms with Crippen molar-refractivity contribution in [2.24, 2.45) is 0 Å². The van der Waals surface area contributed by atoms with E-state index in [1.807, 2.05) is 0 Å². The SMILES string of the molecule is CC1(C)C(=O)N(c2ccc(C#N)c(C(F)(F)F)c2)C(=O)N1Cc1cc(Cl)ccc1Br. The van der Waals surface area contributed by atoms with Gasteiger partial charge in [0.2, 0.25) is 0 Å². The number of nitrogens with zero attached hydrogens (tertiary/aromatic N) is 3. The van der Waals surface area contributed by atoms with E-state index in [1.54, 1.807) is 18.2 Å². The van der Waals surface area contributed by atoms with Gasteiger partial charge in [-0.1, -0.05) is 27.5 Å². The second-order valence-corrected chi connectivity index (χ2v) is 8.43. The van der Waals surface area contributed by atoms with Crippen LogP contribution >= 0.6 is 27.5 Å². The molecule has 0 saturated carbocycles. The maximum atomic E-state index is 13.3. The molecule has 30 heavy (non-hydrogen) atoms. The minimum Gasteiger partial charge on any atom is -0.305 e. The van der Waals surface area contributed by atoms with Gasteiger partial charge in [0.15, 0.2) is 0 Å². The molecule has 3 rings (SSSR count). The van der Waals surface area contributed by atoms with Gasteiger partial charge in [-0.25, -0.2) is 9.69 Å². The van der Waals surface area contributed by atoms with Gasteiger partial charge in [-0.3, -0.25) is 4.79 Å². The number of urea groups is 1. The van der Waals surface area contributed by atoms with E-state index in [9.17, 15) is 22.8 Å². The number of carbonyl (C=O) groups excluding carboxylic acids is 2. The lowest BCUT2D eigenvalue weighted by Gasteiger charge is -2.28. The van der Waals surface area contributed by atoms with Crippen molar-refractivity contribution in [2.45, 2.75) is 32.1 Å². The topological polar surface area (TPSA) is 64.4 Å². The highest BCUT2D eigenvalue weighted by Gasteiger charge is 2.52. The third-order valence-electron chi connectivity index (χ3n) is 4.85. The zero-order valence-electron chi connectivity index (χ0n) is 15.7. The van der Waals surface area contributed by atoms with Gasteiger partial charge in [-0.15, -0.1) is 0 Å². The molecule has 1 fully saturated rings. The molecule has 0 unspecified atom stereocenters. The summed E-state index contributed by atoms with van der Waals surface area (Å²) in [6.07, 6.45) is -4.81. The van der Waals surface area contributed by atoms with Crippen LogP contribution in [0.5, 0.6) is 0 Å². The summed E-state index contributed by atoms with van der Waals surface area (Å²) in [5.74, 6) is -0.677. The number of amides is 3. The number of hydrogen-bond donors (Lipinski definition) is 0. The first-order chi connectivity index (χ1) is 13.9. The summed E-state index contributed by atoms with van der Waals surface area (Å²) in [6.45, 7) is 3.04. The number of hydrogen-bond acceptors (Lipinski definition) is 3. The standard InChI is InChI=1S/C20H14BrClF3N3O2/c1-19(2)17(29)28(14-5-3-11(9-26)15(8-14)20(23,24)25)18(30)27(19)10-12-7-13(22)4-6-16(12)21/h3-8H,10H2,1-2H3. The molecule has 156 valence electrons. The van der Waals surface area contributed by atoms with Crippen molar-refractivity contribution < 1.29 is 22.8 Å². The van der Waals surface area contributed by atoms with Crippen LogP contribution in [0.25, 0.3) is 0 Å². The Morgan fingerprint density at radius 1 is 1.17 bits per heavy atom. The van der Waals surface area contributed by atoms with Gasteiger partial charge < -0.3 is 4.90 Å². The van der Waals surface area contributed by atoms with Crippen molar-refractivity contribution in [3.05, 3.63) is 62.6 Å². The van der Waals surface area contributed by atoms with Crippen molar-refractivity contribution in [1.29, 1.82) is 5.26 Å². The quantitative estimate of drug-likeness (QED) is 0.505. The second kappa shape index (κ2) is 7.60. The van der Waals surface area contributed by atoms with E-state index in [0.717, 1.165) is 12.1 Å². The summed E-state index contributed by atoms with van der Waals surface area (Å²) < 4.78 is 40.6. The molecule has 0 atom stereocenters. The fraction of sp³-hybridized carbons (Fsp3) is 0.250. The third-order valence-corrected chi connectivity index (χ3v) is 5.86. The minimum atomic E-state index is -4.81. The molecule has 1 saturated heterocycles. The number of alkyl halides is 3. The Morgan fingerprint density at radius 2 is 1.83 bits per heavy atom. The van der Waals surface area contributed by atoms with Crippen molar-refractivity contribution in [3.8, 4) is 6.07 Å². The predicted octanol–water partition coefficient (Wildman–Crippen LogP) is 5.74. The van der Waals surface area contributed by atoms with E-state index in [4.69, 9.17) is 16.9 Å². The maximum Gasteiger partial charge on any atom is 0.417 e. The molecule has 0 aliphatic carbocycles. The molecule has 0 aromatic heterocycles. The normalized spacial score (nSPS) is 16.2. The number of halogens is 5. The van der Waals surface area contributed by atoms with Gasteiger partial charge in [0, 0.05) is 16.0 Å². The zero-order chi connectivity index (χ0) is 22.4. The first kappa shape index (κ1) is 22.1. The molecular formula is C20H14BrClF3N3O2. The molecule has 10 heteroatoms. The lowest BCUT2D eigenvalue weighted by atomic mass is 10.0. The van der Waals surface area contributed by atoms with Crippen molar-refractivity contribution in [3.63, 3.8) is 0 Å². The fourth-order valence-electron chi connectivity index (χ4n) is 3.17. The number of imide groups is 1. The molecule has 1 aliphatic heterocycles. The second-order valence-electron chi connectivity index (χ2n) is 7.14. The third kappa shape index (κ3) is 3.77. The van der Waals surface area contributed by atoms with E-state index in [2.05, 4.69) is 15.9 Å². The number of anilines is 1. The predicted molar refractivity (Wildman–Crippen MR) is 108 cm³/mol. The Morgan fingerprint density at radius 3 is 2.43 bits per heavy atom. The summed E-state index contributed by atoms with van der Waals surface area (Å²) in [5.41, 5.74) is -2.74. The van der Waals surface area contributed by atoms with E-state index in [0.29, 0.717) is 26.0 Å². The monoisotopic (exact) mass is 499 g/mol. The molecule has 1 heterocycles. The molecule has 2 aromatic rings. The van der Waals surface area contributed by atoms with E-state index in [1.165, 1.54) is 24.8 Å². The lowest BCUT2D eigenvalue weighted by Crippen LogP contribution is -2.43. The smallest absolute Gasteiger partial charge is 0.305 e. The van der Waals surface area contributed by atoms with Crippen LogP contribution in [-0.4, -0.2) is 22.4 Å². The van der Waals surface area contributed by atoms with Crippen LogP contribution in [-0.2, 0) is 17.5 Å². The molecule has 0 spiro atoms. The molecule has 3 amide bonds. The Bertz CT molecular complexity index is 1100. The van der Waals surface area contributed by atoms with E-state index < -0.39 is 34.8 Å². The van der Waals surface area contributed by atoms with Gasteiger partial charge in [-0.2, -0.15) is 18.4 Å². The van der Waals surface area contributed by atoms with Crippen molar-refractivity contribution in [2.75, 3.05) is 4.90 Å². The zero-order valence-corrected chi connectivity index (χ0v) is 18.1. The molecule has 0 N–H and O–H groups in total. The van der Waals surface area contributed by atoms with Crippen LogP contribution < -0.4 is 4.90 Å². The van der Waals surface area contributed by atoms with Crippen LogP contribution in [0.15, 0.2) is 40.9 Å². The van der Waals surface area contributed by atoms with Crippen molar-refractivity contribution in [1.82, 2.24) is 4.90 Å². The molecule has 0 bridgehead atoms. The number of rotatable bonds is 3.